The van der Waals surface area contributed by atoms with Crippen LogP contribution in [0.3, 0.4) is 0 Å². The lowest BCUT2D eigenvalue weighted by Crippen LogP contribution is -2.28. The number of rotatable bonds is 21. The summed E-state index contributed by atoms with van der Waals surface area (Å²) in [6, 6.07) is 9.12. The van der Waals surface area contributed by atoms with Crippen LogP contribution in [0.2, 0.25) is 0 Å². The Morgan fingerprint density at radius 3 is 1.87 bits per heavy atom. The average molecular weight is 717 g/mol. The molecule has 46 heavy (non-hydrogen) atoms. The van der Waals surface area contributed by atoms with Crippen molar-refractivity contribution in [2.75, 3.05) is 13.6 Å². The summed E-state index contributed by atoms with van der Waals surface area (Å²) in [5.74, 6) is 0. The highest BCUT2D eigenvalue weighted by Crippen LogP contribution is 2.22. The van der Waals surface area contributed by atoms with E-state index >= 15 is 0 Å². The summed E-state index contributed by atoms with van der Waals surface area (Å²) in [5, 5.41) is 3.98. The largest absolute Gasteiger partial charge is 0.318 e. The van der Waals surface area contributed by atoms with Gasteiger partial charge in [0.2, 0.25) is 14.8 Å². The summed E-state index contributed by atoms with van der Waals surface area (Å²) < 4.78 is 88.2. The van der Waals surface area contributed by atoms with Crippen molar-refractivity contribution in [3.8, 4) is 0 Å². The molecule has 0 spiro atoms. The Bertz CT molecular complexity index is 1820. The second kappa shape index (κ2) is 17.7. The van der Waals surface area contributed by atoms with Gasteiger partial charge in [-0.2, -0.15) is 21.7 Å². The molecule has 0 bridgehead atoms. The summed E-state index contributed by atoms with van der Waals surface area (Å²) in [5.41, 5.74) is 0.424. The minimum absolute atomic E-state index is 0.131. The zero-order valence-corrected chi connectivity index (χ0v) is 30.3. The van der Waals surface area contributed by atoms with Crippen molar-refractivity contribution in [1.29, 1.82) is 0 Å². The van der Waals surface area contributed by atoms with E-state index in [1.165, 1.54) is 117 Å². The maximum atomic E-state index is 13.2. The molecule has 0 atom stereocenters. The number of thiazole rings is 1. The van der Waals surface area contributed by atoms with Crippen LogP contribution in [0.5, 0.6) is 0 Å². The van der Waals surface area contributed by atoms with Gasteiger partial charge in [-0.3, -0.25) is 4.55 Å². The topological polar surface area (TPSA) is 155 Å². The Morgan fingerprint density at radius 1 is 0.761 bits per heavy atom. The molecule has 15 heteroatoms. The second-order valence-corrected chi connectivity index (χ2v) is 17.8. The minimum atomic E-state index is -4.42. The summed E-state index contributed by atoms with van der Waals surface area (Å²) in [7, 11) is -9.49. The predicted octanol–water partition coefficient (Wildman–Crippen LogP) is 6.38. The molecule has 0 saturated carbocycles. The predicted molar refractivity (Wildman–Crippen MR) is 183 cm³/mol. The maximum Gasteiger partial charge on any atom is 0.294 e. The third-order valence-corrected chi connectivity index (χ3v) is 13.0. The molecule has 2 aromatic carbocycles. The Hall–Kier alpha value is -2.30. The molecular formula is C31H48N4O7S4. The molecule has 0 radical (unpaired) electrons. The van der Waals surface area contributed by atoms with Gasteiger partial charge in [0.05, 0.1) is 24.9 Å². The highest BCUT2D eigenvalue weighted by Gasteiger charge is 2.23. The molecule has 1 heterocycles. The molecule has 0 aliphatic heterocycles. The molecule has 3 aromatic rings. The van der Waals surface area contributed by atoms with Crippen molar-refractivity contribution in [3.63, 3.8) is 0 Å². The van der Waals surface area contributed by atoms with Crippen molar-refractivity contribution >= 4 is 51.7 Å². The lowest BCUT2D eigenvalue weighted by Gasteiger charge is -2.17. The second-order valence-electron chi connectivity index (χ2n) is 11.7. The van der Waals surface area contributed by atoms with Gasteiger partial charge in [-0.15, -0.1) is 5.10 Å². The van der Waals surface area contributed by atoms with Crippen LogP contribution in [0.4, 0.5) is 0 Å². The van der Waals surface area contributed by atoms with E-state index < -0.39 is 30.2 Å². The average Bonchev–Trinajstić information content (AvgIpc) is 3.34. The number of fused-ring (bicyclic) bond motifs is 1. The fraction of sp³-hybridized carbons (Fsp3) is 0.581. The lowest BCUT2D eigenvalue weighted by atomic mass is 10.0. The van der Waals surface area contributed by atoms with Gasteiger partial charge in [0, 0.05) is 20.6 Å². The van der Waals surface area contributed by atoms with E-state index in [0.29, 0.717) is 16.8 Å². The molecule has 0 aliphatic carbocycles. The van der Waals surface area contributed by atoms with Crippen LogP contribution in [0.25, 0.3) is 10.2 Å². The number of hydrogen-bond acceptors (Lipinski definition) is 8. The SMILES string of the molecule is CCCCCCCCCCCCCCCCN(C)S(=O)(=O)c1cccc(S(=O)(=O)N/N=c2\sc3ccc(S(=O)(=O)O)cc3n2C)c1. The molecular weight excluding hydrogens is 669 g/mol. The molecule has 1 aromatic heterocycles. The number of sulfonamides is 2. The Morgan fingerprint density at radius 2 is 1.30 bits per heavy atom. The summed E-state index contributed by atoms with van der Waals surface area (Å²) in [6.45, 7) is 2.58. The van der Waals surface area contributed by atoms with Crippen molar-refractivity contribution < 1.29 is 29.8 Å². The summed E-state index contributed by atoms with van der Waals surface area (Å²) in [4.78, 5) is 1.66. The van der Waals surface area contributed by atoms with Crippen LogP contribution >= 0.6 is 11.3 Å². The normalized spacial score (nSPS) is 13.2. The van der Waals surface area contributed by atoms with Crippen LogP contribution in [-0.2, 0) is 37.2 Å². The van der Waals surface area contributed by atoms with Crippen molar-refractivity contribution in [1.82, 2.24) is 13.7 Å². The van der Waals surface area contributed by atoms with Crippen LogP contribution in [0, 0.1) is 0 Å². The molecule has 3 rings (SSSR count). The van der Waals surface area contributed by atoms with Gasteiger partial charge in [0.15, 0.2) is 0 Å². The molecule has 0 fully saturated rings. The highest BCUT2D eigenvalue weighted by atomic mass is 32.2. The van der Waals surface area contributed by atoms with Gasteiger partial charge in [0.1, 0.15) is 0 Å². The maximum absolute atomic E-state index is 13.2. The Kier molecular flexibility index (Phi) is 14.7. The number of aryl methyl sites for hydroxylation is 1. The minimum Gasteiger partial charge on any atom is -0.318 e. The molecule has 0 unspecified atom stereocenters. The van der Waals surface area contributed by atoms with Gasteiger partial charge in [-0.1, -0.05) is 108 Å². The smallest absolute Gasteiger partial charge is 0.294 e. The van der Waals surface area contributed by atoms with Crippen LogP contribution in [0.1, 0.15) is 96.8 Å². The van der Waals surface area contributed by atoms with Gasteiger partial charge >= 0.3 is 0 Å². The fourth-order valence-electron chi connectivity index (χ4n) is 5.16. The Labute approximate surface area is 278 Å². The number of nitrogens with zero attached hydrogens (tertiary/aromatic N) is 3. The van der Waals surface area contributed by atoms with E-state index in [9.17, 15) is 29.8 Å². The standard InChI is InChI=1S/C31H48N4O7S4/c1-4-5-6-7-8-9-10-11-12-13-14-15-16-17-23-34(2)45(38,39)27-20-18-19-26(24-27)44(36,37)33-32-31-35(3)29-25-28(46(40,41)42)21-22-30(29)43-31/h18-22,24-25,33H,4-17,23H2,1-3H3,(H,40,41,42)/b32-31-. The lowest BCUT2D eigenvalue weighted by molar-refractivity contribution is 0.447. The number of benzene rings is 2. The van der Waals surface area contributed by atoms with Crippen LogP contribution < -0.4 is 9.63 Å². The molecule has 258 valence electrons. The third kappa shape index (κ3) is 11.2. The molecule has 2 N–H and O–H groups in total. The van der Waals surface area contributed by atoms with Crippen LogP contribution in [0.15, 0.2) is 62.3 Å². The van der Waals surface area contributed by atoms with E-state index in [-0.39, 0.29) is 19.5 Å². The molecule has 0 saturated heterocycles. The highest BCUT2D eigenvalue weighted by molar-refractivity contribution is 7.90. The van der Waals surface area contributed by atoms with Gasteiger partial charge < -0.3 is 4.57 Å². The van der Waals surface area contributed by atoms with Crippen LogP contribution in [-0.4, -0.2) is 52.3 Å². The summed E-state index contributed by atoms with van der Waals surface area (Å²) in [6.07, 6.45) is 17.0. The van der Waals surface area contributed by atoms with E-state index in [4.69, 9.17) is 0 Å². The van der Waals surface area contributed by atoms with Crippen molar-refractivity contribution in [3.05, 3.63) is 47.3 Å². The first-order chi connectivity index (χ1) is 21.8. The zero-order chi connectivity index (χ0) is 33.8. The van der Waals surface area contributed by atoms with E-state index in [0.717, 1.165) is 43.1 Å². The van der Waals surface area contributed by atoms with Gasteiger partial charge in [-0.25, -0.2) is 12.7 Å². The zero-order valence-electron chi connectivity index (χ0n) is 27.0. The first-order valence-electron chi connectivity index (χ1n) is 16.0. The molecule has 11 nitrogen and oxygen atoms in total. The first-order valence-corrected chi connectivity index (χ1v) is 21.1. The first kappa shape index (κ1) is 38.2. The number of aromatic nitrogens is 1. The van der Waals surface area contributed by atoms with E-state index in [2.05, 4.69) is 16.9 Å². The molecule has 0 amide bonds. The number of unbranched alkanes of at least 4 members (excludes halogenated alkanes) is 13. The number of hydrogen-bond donors (Lipinski definition) is 2. The van der Waals surface area contributed by atoms with Gasteiger partial charge in [-0.05, 0) is 42.8 Å². The number of nitrogens with one attached hydrogen (secondary N) is 1. The van der Waals surface area contributed by atoms with Gasteiger partial charge in [0.25, 0.3) is 20.1 Å². The summed E-state index contributed by atoms with van der Waals surface area (Å²) >= 11 is 1.10. The third-order valence-electron chi connectivity index (χ3n) is 7.99. The quantitative estimate of drug-likeness (QED) is 0.0736. The van der Waals surface area contributed by atoms with E-state index in [1.807, 2.05) is 0 Å². The van der Waals surface area contributed by atoms with E-state index in [1.54, 1.807) is 7.05 Å². The Balaban J connectivity index is 1.50. The monoisotopic (exact) mass is 716 g/mol. The van der Waals surface area contributed by atoms with Crippen molar-refractivity contribution in [2.45, 2.75) is 112 Å². The molecule has 0 aliphatic rings. The fourth-order valence-corrected chi connectivity index (χ4v) is 8.86. The van der Waals surface area contributed by atoms with Crippen molar-refractivity contribution in [2.24, 2.45) is 12.1 Å².